The molecule has 0 spiro atoms. The number of halogens is 1. The van der Waals surface area contributed by atoms with Crippen molar-refractivity contribution in [3.63, 3.8) is 0 Å². The lowest BCUT2D eigenvalue weighted by Crippen LogP contribution is -2.33. The Balaban J connectivity index is 2.61. The molecule has 0 bridgehead atoms. The van der Waals surface area contributed by atoms with Crippen molar-refractivity contribution < 1.29 is 9.53 Å². The first-order valence-electron chi connectivity index (χ1n) is 6.51. The molecule has 1 fully saturated rings. The first kappa shape index (κ1) is 14.1. The average molecular weight is 280 g/mol. The Kier molecular flexibility index (Phi) is 3.98. The number of methoxy groups -OCH3 is 1. The highest BCUT2D eigenvalue weighted by molar-refractivity contribution is 6.32. The van der Waals surface area contributed by atoms with Crippen molar-refractivity contribution in [3.05, 3.63) is 28.3 Å². The van der Waals surface area contributed by atoms with E-state index in [-0.39, 0.29) is 0 Å². The Hall–Kier alpha value is -1.31. The van der Waals surface area contributed by atoms with E-state index in [0.29, 0.717) is 16.7 Å². The Morgan fingerprint density at radius 3 is 2.53 bits per heavy atom. The van der Waals surface area contributed by atoms with E-state index in [2.05, 4.69) is 18.8 Å². The number of carbonyl (C=O) groups excluding carboxylic acids is 1. The summed E-state index contributed by atoms with van der Waals surface area (Å²) in [6, 6.07) is 3.86. The average Bonchev–Trinajstić information content (AvgIpc) is 2.33. The molecule has 0 atom stereocenters. The number of hydrogen-bond donors (Lipinski definition) is 0. The van der Waals surface area contributed by atoms with Gasteiger partial charge in [0.25, 0.3) is 0 Å². The second-order valence-corrected chi connectivity index (χ2v) is 5.72. The molecule has 3 nitrogen and oxygen atoms in total. The summed E-state index contributed by atoms with van der Waals surface area (Å²) in [6.45, 7) is 4.23. The Morgan fingerprint density at radius 2 is 2.11 bits per heavy atom. The monoisotopic (exact) mass is 279 g/mol. The number of ether oxygens (including phenoxy) is 1. The molecule has 1 aromatic carbocycles. The van der Waals surface area contributed by atoms with Crippen LogP contribution in [0.3, 0.4) is 0 Å². The zero-order valence-electron chi connectivity index (χ0n) is 11.5. The van der Waals surface area contributed by atoms with Crippen LogP contribution in [0.5, 0.6) is 5.75 Å². The van der Waals surface area contributed by atoms with Crippen LogP contribution in [0.2, 0.25) is 5.02 Å². The summed E-state index contributed by atoms with van der Waals surface area (Å²) in [7, 11) is 1.60. The van der Waals surface area contributed by atoms with Crippen LogP contribution in [0.25, 0.3) is 0 Å². The van der Waals surface area contributed by atoms with E-state index in [1.165, 1.54) is 0 Å². The molecule has 0 aliphatic heterocycles. The Labute approximate surface area is 118 Å². The lowest BCUT2D eigenvalue weighted by atomic mass is 9.69. The van der Waals surface area contributed by atoms with Crippen molar-refractivity contribution in [3.8, 4) is 5.75 Å². The lowest BCUT2D eigenvalue weighted by molar-refractivity contribution is 0.253. The third-order valence-corrected chi connectivity index (χ3v) is 4.18. The molecule has 0 heterocycles. The number of aliphatic imine (C=N–C) groups is 1. The van der Waals surface area contributed by atoms with Gasteiger partial charge in [-0.05, 0) is 48.4 Å². The van der Waals surface area contributed by atoms with Crippen molar-refractivity contribution in [2.75, 3.05) is 7.11 Å². The van der Waals surface area contributed by atoms with Gasteiger partial charge in [0, 0.05) is 0 Å². The topological polar surface area (TPSA) is 38.7 Å². The van der Waals surface area contributed by atoms with Gasteiger partial charge >= 0.3 is 0 Å². The van der Waals surface area contributed by atoms with Gasteiger partial charge in [0.1, 0.15) is 5.75 Å². The van der Waals surface area contributed by atoms with Gasteiger partial charge in [-0.2, -0.15) is 4.99 Å². The molecule has 0 saturated heterocycles. The third-order valence-electron chi connectivity index (χ3n) is 3.89. The summed E-state index contributed by atoms with van der Waals surface area (Å²) < 4.78 is 5.28. The van der Waals surface area contributed by atoms with Crippen molar-refractivity contribution in [1.82, 2.24) is 0 Å². The van der Waals surface area contributed by atoms with E-state index >= 15 is 0 Å². The first-order valence-corrected chi connectivity index (χ1v) is 6.89. The zero-order valence-corrected chi connectivity index (χ0v) is 12.3. The minimum absolute atomic E-state index is 0.320. The molecule has 1 aliphatic carbocycles. The van der Waals surface area contributed by atoms with Gasteiger partial charge in [0.15, 0.2) is 0 Å². The van der Waals surface area contributed by atoms with Crippen molar-refractivity contribution >= 4 is 17.7 Å². The molecule has 0 radical (unpaired) electrons. The highest BCUT2D eigenvalue weighted by Crippen LogP contribution is 2.49. The molecule has 19 heavy (non-hydrogen) atoms. The van der Waals surface area contributed by atoms with E-state index in [0.717, 1.165) is 30.4 Å². The van der Waals surface area contributed by atoms with E-state index < -0.39 is 5.54 Å². The molecule has 1 aromatic rings. The van der Waals surface area contributed by atoms with Gasteiger partial charge in [0.05, 0.1) is 17.7 Å². The molecule has 102 valence electrons. The van der Waals surface area contributed by atoms with Crippen LogP contribution in [0, 0.1) is 0 Å². The maximum atomic E-state index is 10.7. The maximum absolute atomic E-state index is 10.7. The second kappa shape index (κ2) is 5.36. The van der Waals surface area contributed by atoms with E-state index in [1.54, 1.807) is 13.2 Å². The minimum atomic E-state index is -0.419. The highest BCUT2D eigenvalue weighted by Gasteiger charge is 2.41. The second-order valence-electron chi connectivity index (χ2n) is 5.32. The standard InChI is InChI=1S/C15H18ClNO2/c1-10(2)11-7-14(19-3)13(16)8-12(11)15(17-9-18)5-4-6-15/h7-8,10H,4-6H2,1-3H3. The quantitative estimate of drug-likeness (QED) is 0.612. The first-order chi connectivity index (χ1) is 9.04. The maximum Gasteiger partial charge on any atom is 0.235 e. The van der Waals surface area contributed by atoms with Crippen LogP contribution in [0.4, 0.5) is 0 Å². The van der Waals surface area contributed by atoms with Gasteiger partial charge in [-0.1, -0.05) is 25.4 Å². The van der Waals surface area contributed by atoms with Crippen LogP contribution in [0.15, 0.2) is 17.1 Å². The van der Waals surface area contributed by atoms with Crippen molar-refractivity contribution in [2.24, 2.45) is 4.99 Å². The van der Waals surface area contributed by atoms with E-state index in [1.807, 2.05) is 12.1 Å². The van der Waals surface area contributed by atoms with Crippen LogP contribution in [0.1, 0.15) is 50.2 Å². The number of nitrogens with zero attached hydrogens (tertiary/aromatic N) is 1. The largest absolute Gasteiger partial charge is 0.495 e. The number of isocyanates is 1. The third kappa shape index (κ3) is 2.41. The Bertz CT molecular complexity index is 529. The van der Waals surface area contributed by atoms with Gasteiger partial charge in [0.2, 0.25) is 6.08 Å². The summed E-state index contributed by atoms with van der Waals surface area (Å²) >= 11 is 6.23. The Morgan fingerprint density at radius 1 is 1.42 bits per heavy atom. The fourth-order valence-corrected chi connectivity index (χ4v) is 2.89. The fourth-order valence-electron chi connectivity index (χ4n) is 2.65. The molecule has 0 unspecified atom stereocenters. The highest BCUT2D eigenvalue weighted by atomic mass is 35.5. The normalized spacial score (nSPS) is 16.7. The molecule has 1 aliphatic rings. The number of hydrogen-bond acceptors (Lipinski definition) is 3. The van der Waals surface area contributed by atoms with Gasteiger partial charge in [-0.15, -0.1) is 0 Å². The molecule has 0 N–H and O–H groups in total. The summed E-state index contributed by atoms with van der Waals surface area (Å²) in [5.41, 5.74) is 1.76. The molecular formula is C15H18ClNO2. The molecule has 1 saturated carbocycles. The predicted molar refractivity (Wildman–Crippen MR) is 75.7 cm³/mol. The fraction of sp³-hybridized carbons (Fsp3) is 0.533. The van der Waals surface area contributed by atoms with E-state index in [9.17, 15) is 4.79 Å². The number of rotatable bonds is 4. The number of benzene rings is 1. The van der Waals surface area contributed by atoms with Crippen molar-refractivity contribution in [1.29, 1.82) is 0 Å². The van der Waals surface area contributed by atoms with Crippen LogP contribution >= 0.6 is 11.6 Å². The smallest absolute Gasteiger partial charge is 0.235 e. The van der Waals surface area contributed by atoms with Gasteiger partial charge in [-0.25, -0.2) is 4.79 Å². The zero-order chi connectivity index (χ0) is 14.0. The predicted octanol–water partition coefficient (Wildman–Crippen LogP) is 4.19. The van der Waals surface area contributed by atoms with Crippen LogP contribution in [-0.4, -0.2) is 13.2 Å². The van der Waals surface area contributed by atoms with Crippen LogP contribution < -0.4 is 4.74 Å². The molecule has 0 aromatic heterocycles. The van der Waals surface area contributed by atoms with E-state index in [4.69, 9.17) is 16.3 Å². The summed E-state index contributed by atoms with van der Waals surface area (Å²) in [5, 5.41) is 0.564. The van der Waals surface area contributed by atoms with Crippen molar-refractivity contribution in [2.45, 2.75) is 44.6 Å². The SMILES string of the molecule is COc1cc(C(C)C)c(C2(N=C=O)CCC2)cc1Cl. The summed E-state index contributed by atoms with van der Waals surface area (Å²) in [6.07, 6.45) is 4.56. The van der Waals surface area contributed by atoms with Gasteiger partial charge < -0.3 is 4.74 Å². The summed E-state index contributed by atoms with van der Waals surface area (Å²) in [5.74, 6) is 0.985. The van der Waals surface area contributed by atoms with Crippen LogP contribution in [-0.2, 0) is 10.3 Å². The lowest BCUT2D eigenvalue weighted by Gasteiger charge is -2.39. The minimum Gasteiger partial charge on any atom is -0.495 e. The molecule has 0 amide bonds. The molecule has 2 rings (SSSR count). The van der Waals surface area contributed by atoms with Gasteiger partial charge in [-0.3, -0.25) is 0 Å². The molecule has 4 heteroatoms. The summed E-state index contributed by atoms with van der Waals surface area (Å²) in [4.78, 5) is 14.8. The molecular weight excluding hydrogens is 262 g/mol.